The Morgan fingerprint density at radius 2 is 1.63 bits per heavy atom. The molecule has 0 N–H and O–H groups in total. The van der Waals surface area contributed by atoms with Crippen LogP contribution >= 0.6 is 15.9 Å². The van der Waals surface area contributed by atoms with E-state index in [0.717, 1.165) is 27.9 Å². The Morgan fingerprint density at radius 1 is 0.963 bits per heavy atom. The van der Waals surface area contributed by atoms with Gasteiger partial charge in [0.25, 0.3) is 5.69 Å². The van der Waals surface area contributed by atoms with E-state index in [1.165, 1.54) is 17.7 Å². The standard InChI is InChI=1S/C21H16BrN3O2/c22-17-10-6-16(7-11-17)21-14-20(15-8-12-19(13-9-15)25(26)27)23-24(21)18-4-2-1-3-5-18/h1-13,21H,14H2/t21-/m1/s1. The Hall–Kier alpha value is -2.99. The summed E-state index contributed by atoms with van der Waals surface area (Å²) >= 11 is 3.48. The molecule has 0 amide bonds. The number of anilines is 1. The molecular formula is C21H16BrN3O2. The summed E-state index contributed by atoms with van der Waals surface area (Å²) in [5, 5.41) is 17.8. The molecule has 6 heteroatoms. The van der Waals surface area contributed by atoms with Crippen LogP contribution in [0.1, 0.15) is 23.6 Å². The van der Waals surface area contributed by atoms with Crippen molar-refractivity contribution in [3.05, 3.63) is 105 Å². The zero-order valence-corrected chi connectivity index (χ0v) is 15.9. The molecule has 0 saturated carbocycles. The number of nitro groups is 1. The lowest BCUT2D eigenvalue weighted by Crippen LogP contribution is -2.18. The molecule has 0 aliphatic carbocycles. The van der Waals surface area contributed by atoms with Crippen molar-refractivity contribution in [2.24, 2.45) is 5.10 Å². The second-order valence-corrected chi connectivity index (χ2v) is 7.22. The van der Waals surface area contributed by atoms with Crippen molar-refractivity contribution in [3.8, 4) is 0 Å². The second kappa shape index (κ2) is 7.32. The van der Waals surface area contributed by atoms with Crippen molar-refractivity contribution in [1.29, 1.82) is 0 Å². The largest absolute Gasteiger partial charge is 0.269 e. The van der Waals surface area contributed by atoms with Crippen molar-refractivity contribution in [1.82, 2.24) is 0 Å². The predicted molar refractivity (Wildman–Crippen MR) is 110 cm³/mol. The number of nitrogens with zero attached hydrogens (tertiary/aromatic N) is 3. The van der Waals surface area contributed by atoms with Gasteiger partial charge >= 0.3 is 0 Å². The minimum Gasteiger partial charge on any atom is -0.258 e. The number of rotatable bonds is 4. The number of nitro benzene ring substituents is 1. The number of hydrazone groups is 1. The molecule has 1 aliphatic heterocycles. The third kappa shape index (κ3) is 3.61. The summed E-state index contributed by atoms with van der Waals surface area (Å²) in [6, 6.07) is 25.0. The first kappa shape index (κ1) is 17.4. The number of hydrogen-bond acceptors (Lipinski definition) is 4. The molecule has 1 heterocycles. The maximum absolute atomic E-state index is 10.9. The van der Waals surface area contributed by atoms with Crippen LogP contribution in [0.4, 0.5) is 11.4 Å². The Bertz CT molecular complexity index is 986. The molecule has 0 radical (unpaired) electrons. The van der Waals surface area contributed by atoms with E-state index in [-0.39, 0.29) is 16.7 Å². The molecule has 3 aromatic carbocycles. The molecule has 0 unspecified atom stereocenters. The van der Waals surface area contributed by atoms with Gasteiger partial charge in [-0.15, -0.1) is 0 Å². The molecule has 1 aliphatic rings. The van der Waals surface area contributed by atoms with E-state index in [1.54, 1.807) is 12.1 Å². The smallest absolute Gasteiger partial charge is 0.258 e. The van der Waals surface area contributed by atoms with Gasteiger partial charge in [0.1, 0.15) is 0 Å². The highest BCUT2D eigenvalue weighted by atomic mass is 79.9. The minimum atomic E-state index is -0.388. The van der Waals surface area contributed by atoms with Crippen molar-refractivity contribution < 1.29 is 4.92 Å². The minimum absolute atomic E-state index is 0.0747. The van der Waals surface area contributed by atoms with Crippen LogP contribution in [0.25, 0.3) is 0 Å². The van der Waals surface area contributed by atoms with E-state index in [9.17, 15) is 10.1 Å². The van der Waals surface area contributed by atoms with Gasteiger partial charge < -0.3 is 0 Å². The number of para-hydroxylation sites is 1. The fourth-order valence-electron chi connectivity index (χ4n) is 3.22. The SMILES string of the molecule is O=[N+]([O-])c1ccc(C2=NN(c3ccccc3)[C@@H](c3ccc(Br)cc3)C2)cc1. The molecule has 0 bridgehead atoms. The van der Waals surface area contributed by atoms with Crippen LogP contribution in [-0.4, -0.2) is 10.6 Å². The monoisotopic (exact) mass is 421 g/mol. The zero-order chi connectivity index (χ0) is 18.8. The first-order chi connectivity index (χ1) is 13.1. The normalized spacial score (nSPS) is 16.3. The lowest BCUT2D eigenvalue weighted by Gasteiger charge is -2.24. The highest BCUT2D eigenvalue weighted by Crippen LogP contribution is 2.37. The average Bonchev–Trinajstić information content (AvgIpc) is 3.15. The summed E-state index contributed by atoms with van der Waals surface area (Å²) in [6.45, 7) is 0. The average molecular weight is 422 g/mol. The van der Waals surface area contributed by atoms with Gasteiger partial charge in [0.05, 0.1) is 22.4 Å². The van der Waals surface area contributed by atoms with E-state index < -0.39 is 0 Å². The molecule has 0 fully saturated rings. The van der Waals surface area contributed by atoms with Crippen LogP contribution in [0, 0.1) is 10.1 Å². The van der Waals surface area contributed by atoms with Gasteiger partial charge in [-0.2, -0.15) is 5.10 Å². The summed E-state index contributed by atoms with van der Waals surface area (Å²) in [4.78, 5) is 10.5. The molecule has 3 aromatic rings. The number of non-ortho nitro benzene ring substituents is 1. The van der Waals surface area contributed by atoms with Gasteiger partial charge in [0.15, 0.2) is 0 Å². The molecule has 4 rings (SSSR count). The second-order valence-electron chi connectivity index (χ2n) is 6.30. The molecule has 0 spiro atoms. The van der Waals surface area contributed by atoms with Gasteiger partial charge in [-0.3, -0.25) is 15.1 Å². The summed E-state index contributed by atoms with van der Waals surface area (Å²) in [6.07, 6.45) is 0.730. The van der Waals surface area contributed by atoms with Crippen LogP contribution in [-0.2, 0) is 0 Å². The first-order valence-electron chi connectivity index (χ1n) is 8.54. The summed E-state index contributed by atoms with van der Waals surface area (Å²) in [5.74, 6) is 0. The Kier molecular flexibility index (Phi) is 4.73. The first-order valence-corrected chi connectivity index (χ1v) is 9.33. The van der Waals surface area contributed by atoms with E-state index in [0.29, 0.717) is 0 Å². The summed E-state index contributed by atoms with van der Waals surface area (Å²) in [7, 11) is 0. The molecule has 5 nitrogen and oxygen atoms in total. The molecule has 1 atom stereocenters. The molecular weight excluding hydrogens is 406 g/mol. The molecule has 27 heavy (non-hydrogen) atoms. The third-order valence-corrected chi connectivity index (χ3v) is 5.13. The zero-order valence-electron chi connectivity index (χ0n) is 14.3. The van der Waals surface area contributed by atoms with Crippen LogP contribution in [0.15, 0.2) is 88.4 Å². The number of hydrogen-bond donors (Lipinski definition) is 0. The highest BCUT2D eigenvalue weighted by molar-refractivity contribution is 9.10. The van der Waals surface area contributed by atoms with Crippen molar-refractivity contribution in [2.45, 2.75) is 12.5 Å². The number of benzene rings is 3. The number of halogens is 1. The van der Waals surface area contributed by atoms with E-state index in [1.807, 2.05) is 47.5 Å². The van der Waals surface area contributed by atoms with E-state index >= 15 is 0 Å². The maximum atomic E-state index is 10.9. The highest BCUT2D eigenvalue weighted by Gasteiger charge is 2.30. The molecule has 0 aromatic heterocycles. The van der Waals surface area contributed by atoms with Gasteiger partial charge in [0, 0.05) is 23.0 Å². The fourth-order valence-corrected chi connectivity index (χ4v) is 3.49. The van der Waals surface area contributed by atoms with Crippen molar-refractivity contribution >= 4 is 33.0 Å². The van der Waals surface area contributed by atoms with Crippen LogP contribution in [0.3, 0.4) is 0 Å². The maximum Gasteiger partial charge on any atom is 0.269 e. The van der Waals surface area contributed by atoms with Crippen molar-refractivity contribution in [3.63, 3.8) is 0 Å². The van der Waals surface area contributed by atoms with Crippen LogP contribution in [0.5, 0.6) is 0 Å². The summed E-state index contributed by atoms with van der Waals surface area (Å²) in [5.41, 5.74) is 4.09. The predicted octanol–water partition coefficient (Wildman–Crippen LogP) is 5.71. The van der Waals surface area contributed by atoms with Crippen LogP contribution < -0.4 is 5.01 Å². The van der Waals surface area contributed by atoms with Crippen LogP contribution in [0.2, 0.25) is 0 Å². The third-order valence-electron chi connectivity index (χ3n) is 4.60. The molecule has 134 valence electrons. The molecule has 0 saturated heterocycles. The topological polar surface area (TPSA) is 58.7 Å². The lowest BCUT2D eigenvalue weighted by molar-refractivity contribution is -0.384. The van der Waals surface area contributed by atoms with Crippen molar-refractivity contribution in [2.75, 3.05) is 5.01 Å². The Balaban J connectivity index is 1.71. The van der Waals surface area contributed by atoms with Gasteiger partial charge in [-0.05, 0) is 47.5 Å². The fraction of sp³-hybridized carbons (Fsp3) is 0.0952. The van der Waals surface area contributed by atoms with Gasteiger partial charge in [-0.1, -0.05) is 46.3 Å². The van der Waals surface area contributed by atoms with E-state index in [4.69, 9.17) is 5.10 Å². The van der Waals surface area contributed by atoms with E-state index in [2.05, 4.69) is 28.1 Å². The van der Waals surface area contributed by atoms with Gasteiger partial charge in [-0.25, -0.2) is 0 Å². The lowest BCUT2D eigenvalue weighted by atomic mass is 9.98. The Morgan fingerprint density at radius 3 is 2.26 bits per heavy atom. The quantitative estimate of drug-likeness (QED) is 0.400. The summed E-state index contributed by atoms with van der Waals surface area (Å²) < 4.78 is 1.03. The Labute approximate surface area is 165 Å². The van der Waals surface area contributed by atoms with Gasteiger partial charge in [0.2, 0.25) is 0 Å².